The quantitative estimate of drug-likeness (QED) is 0.505. The lowest BCUT2D eigenvalue weighted by molar-refractivity contribution is -0.113. The summed E-state index contributed by atoms with van der Waals surface area (Å²) < 4.78 is 0. The second kappa shape index (κ2) is 12.9. The smallest absolute Gasteiger partial charge is 0.275 e. The molecule has 1 aliphatic rings. The average Bonchev–Trinajstić information content (AvgIpc) is 3.34. The summed E-state index contributed by atoms with van der Waals surface area (Å²) in [5.41, 5.74) is 6.01. The van der Waals surface area contributed by atoms with E-state index in [1.807, 2.05) is 12.1 Å². The summed E-state index contributed by atoms with van der Waals surface area (Å²) >= 11 is 0. The average molecular weight is 455 g/mol. The van der Waals surface area contributed by atoms with Gasteiger partial charge in [-0.3, -0.25) is 14.5 Å². The van der Waals surface area contributed by atoms with Crippen molar-refractivity contribution >= 4 is 29.3 Å². The standard InChI is InChI=1S/C15H19N3O.C7H11N5O2/c1-3-15(19)18(4-2)13-9-10-14(16-11-13)17-12-7-5-6-8-12;1-12(2-3-13)6(14)5-4-9-7(8)11-10-5/h3-4,9-12H,1-2,5-8H2,(H,16,17);4,13H,2-3H2,1H3,(H2,8,9,11). The number of likely N-dealkylation sites (N-methyl/N-ethyl adjacent to an activating group) is 1. The maximum absolute atomic E-state index is 11.6. The molecule has 0 unspecified atom stereocenters. The van der Waals surface area contributed by atoms with Crippen LogP contribution in [0.15, 0.2) is 50.0 Å². The Labute approximate surface area is 193 Å². The van der Waals surface area contributed by atoms with Gasteiger partial charge in [0, 0.05) is 25.8 Å². The highest BCUT2D eigenvalue weighted by Gasteiger charge is 2.16. The summed E-state index contributed by atoms with van der Waals surface area (Å²) in [4.78, 5) is 33.8. The van der Waals surface area contributed by atoms with Crippen LogP contribution in [0.25, 0.3) is 0 Å². The zero-order valence-corrected chi connectivity index (χ0v) is 18.7. The molecule has 2 aromatic rings. The molecule has 0 bridgehead atoms. The number of amides is 2. The maximum Gasteiger partial charge on any atom is 0.275 e. The third-order valence-corrected chi connectivity index (χ3v) is 4.91. The summed E-state index contributed by atoms with van der Waals surface area (Å²) in [6.07, 6.45) is 10.6. The molecule has 33 heavy (non-hydrogen) atoms. The Kier molecular flexibility index (Phi) is 9.90. The molecule has 0 aromatic carbocycles. The number of pyridine rings is 1. The van der Waals surface area contributed by atoms with Gasteiger partial charge >= 0.3 is 0 Å². The van der Waals surface area contributed by atoms with Crippen molar-refractivity contribution in [3.05, 3.63) is 55.7 Å². The fourth-order valence-electron chi connectivity index (χ4n) is 3.14. The second-order valence-corrected chi connectivity index (χ2v) is 7.27. The lowest BCUT2D eigenvalue weighted by atomic mass is 10.2. The third kappa shape index (κ3) is 7.65. The number of aromatic nitrogens is 4. The van der Waals surface area contributed by atoms with Crippen LogP contribution in [0, 0.1) is 0 Å². The van der Waals surface area contributed by atoms with Gasteiger partial charge in [-0.05, 0) is 31.1 Å². The molecule has 1 aliphatic carbocycles. The number of nitrogens with zero attached hydrogens (tertiary/aromatic N) is 6. The molecule has 2 heterocycles. The predicted molar refractivity (Wildman–Crippen MR) is 126 cm³/mol. The third-order valence-electron chi connectivity index (χ3n) is 4.91. The zero-order valence-electron chi connectivity index (χ0n) is 18.7. The van der Waals surface area contributed by atoms with Crippen LogP contribution in [-0.4, -0.2) is 68.2 Å². The van der Waals surface area contributed by atoms with Crippen molar-refractivity contribution in [3.63, 3.8) is 0 Å². The van der Waals surface area contributed by atoms with E-state index in [9.17, 15) is 9.59 Å². The first-order valence-electron chi connectivity index (χ1n) is 10.5. The number of nitrogen functional groups attached to an aromatic ring is 1. The first kappa shape index (κ1) is 25.4. The van der Waals surface area contributed by atoms with Crippen LogP contribution in [0.3, 0.4) is 0 Å². The predicted octanol–water partition coefficient (Wildman–Crippen LogP) is 1.62. The topological polar surface area (TPSA) is 150 Å². The number of carbonyl (C=O) groups excluding carboxylic acids is 2. The zero-order chi connectivity index (χ0) is 24.2. The van der Waals surface area contributed by atoms with Gasteiger partial charge in [0.1, 0.15) is 5.82 Å². The highest BCUT2D eigenvalue weighted by molar-refractivity contribution is 6.02. The summed E-state index contributed by atoms with van der Waals surface area (Å²) in [6, 6.07) is 4.28. The summed E-state index contributed by atoms with van der Waals surface area (Å²) in [6.45, 7) is 7.24. The number of aliphatic hydroxyl groups is 1. The second-order valence-electron chi connectivity index (χ2n) is 7.27. The first-order valence-corrected chi connectivity index (χ1v) is 10.5. The van der Waals surface area contributed by atoms with E-state index >= 15 is 0 Å². The largest absolute Gasteiger partial charge is 0.395 e. The van der Waals surface area contributed by atoms with Gasteiger partial charge in [0.2, 0.25) is 5.95 Å². The van der Waals surface area contributed by atoms with E-state index in [0.29, 0.717) is 11.7 Å². The normalized spacial score (nSPS) is 12.8. The van der Waals surface area contributed by atoms with E-state index in [2.05, 4.69) is 38.6 Å². The molecular weight excluding hydrogens is 424 g/mol. The van der Waals surface area contributed by atoms with Crippen molar-refractivity contribution in [2.24, 2.45) is 0 Å². The summed E-state index contributed by atoms with van der Waals surface area (Å²) in [5.74, 6) is 0.310. The molecule has 0 radical (unpaired) electrons. The minimum atomic E-state index is -0.348. The maximum atomic E-state index is 11.6. The molecule has 3 rings (SSSR count). The van der Waals surface area contributed by atoms with Gasteiger partial charge in [-0.15, -0.1) is 10.2 Å². The highest BCUT2D eigenvalue weighted by Crippen LogP contribution is 2.22. The van der Waals surface area contributed by atoms with E-state index in [0.717, 1.165) is 5.82 Å². The fraction of sp³-hybridized carbons (Fsp3) is 0.364. The number of carbonyl (C=O) groups is 2. The first-order chi connectivity index (χ1) is 15.9. The molecule has 1 saturated carbocycles. The van der Waals surface area contributed by atoms with Crippen molar-refractivity contribution < 1.29 is 14.7 Å². The molecule has 2 aromatic heterocycles. The highest BCUT2D eigenvalue weighted by atomic mass is 16.3. The minimum Gasteiger partial charge on any atom is -0.395 e. The Balaban J connectivity index is 0.000000245. The molecule has 4 N–H and O–H groups in total. The van der Waals surface area contributed by atoms with Gasteiger partial charge in [0.05, 0.1) is 24.7 Å². The molecule has 0 saturated heterocycles. The Hall–Kier alpha value is -3.86. The molecule has 11 nitrogen and oxygen atoms in total. The SMILES string of the molecule is C=CC(=O)N(C=C)c1ccc(NC2CCCC2)nc1.CN(CCO)C(=O)c1cnc(N)nn1. The number of nitrogens with one attached hydrogen (secondary N) is 1. The molecule has 0 atom stereocenters. The van der Waals surface area contributed by atoms with Crippen molar-refractivity contribution in [2.45, 2.75) is 31.7 Å². The molecule has 176 valence electrons. The summed E-state index contributed by atoms with van der Waals surface area (Å²) in [5, 5.41) is 19.0. The van der Waals surface area contributed by atoms with Crippen LogP contribution >= 0.6 is 0 Å². The number of aliphatic hydroxyl groups excluding tert-OH is 1. The van der Waals surface area contributed by atoms with Gasteiger partial charge in [-0.25, -0.2) is 9.97 Å². The molecule has 2 amide bonds. The van der Waals surface area contributed by atoms with Gasteiger partial charge in [-0.1, -0.05) is 26.0 Å². The Morgan fingerprint density at radius 3 is 2.45 bits per heavy atom. The number of rotatable bonds is 8. The van der Waals surface area contributed by atoms with E-state index < -0.39 is 0 Å². The Bertz CT molecular complexity index is 928. The van der Waals surface area contributed by atoms with E-state index in [1.54, 1.807) is 13.2 Å². The molecule has 0 spiro atoms. The summed E-state index contributed by atoms with van der Waals surface area (Å²) in [7, 11) is 1.55. The van der Waals surface area contributed by atoms with Gasteiger partial charge < -0.3 is 21.1 Å². The van der Waals surface area contributed by atoms with Gasteiger partial charge in [0.25, 0.3) is 11.8 Å². The van der Waals surface area contributed by atoms with Crippen molar-refractivity contribution in [3.8, 4) is 0 Å². The van der Waals surface area contributed by atoms with Crippen molar-refractivity contribution in [1.29, 1.82) is 0 Å². The van der Waals surface area contributed by atoms with Crippen LogP contribution in [0.4, 0.5) is 17.5 Å². The lowest BCUT2D eigenvalue weighted by Crippen LogP contribution is -2.30. The van der Waals surface area contributed by atoms with Crippen LogP contribution in [0.5, 0.6) is 0 Å². The van der Waals surface area contributed by atoms with E-state index in [-0.39, 0.29) is 36.6 Å². The molecular formula is C22H30N8O3. The molecule has 0 aliphatic heterocycles. The Morgan fingerprint density at radius 1 is 1.21 bits per heavy atom. The number of hydrogen-bond acceptors (Lipinski definition) is 9. The van der Waals surface area contributed by atoms with E-state index in [4.69, 9.17) is 10.8 Å². The number of hydrogen-bond donors (Lipinski definition) is 3. The number of anilines is 3. The fourth-order valence-corrected chi connectivity index (χ4v) is 3.14. The Morgan fingerprint density at radius 2 is 1.94 bits per heavy atom. The van der Waals surface area contributed by atoms with Crippen LogP contribution in [-0.2, 0) is 4.79 Å². The van der Waals surface area contributed by atoms with Crippen LogP contribution < -0.4 is 16.0 Å². The van der Waals surface area contributed by atoms with Gasteiger partial charge in [-0.2, -0.15) is 0 Å². The van der Waals surface area contributed by atoms with Crippen LogP contribution in [0.2, 0.25) is 0 Å². The lowest BCUT2D eigenvalue weighted by Gasteiger charge is -2.17. The van der Waals surface area contributed by atoms with Crippen molar-refractivity contribution in [1.82, 2.24) is 25.1 Å². The van der Waals surface area contributed by atoms with Crippen LogP contribution in [0.1, 0.15) is 36.2 Å². The molecule has 1 fully saturated rings. The number of nitrogens with two attached hydrogens (primary N) is 1. The van der Waals surface area contributed by atoms with Crippen molar-refractivity contribution in [2.75, 3.05) is 36.1 Å². The minimum absolute atomic E-state index is 0.0198. The monoisotopic (exact) mass is 454 g/mol. The molecule has 11 heteroatoms. The van der Waals surface area contributed by atoms with Gasteiger partial charge in [0.15, 0.2) is 5.69 Å². The van der Waals surface area contributed by atoms with E-state index in [1.165, 1.54) is 54.0 Å².